The summed E-state index contributed by atoms with van der Waals surface area (Å²) in [4.78, 5) is 10.4. The fraction of sp³-hybridized carbons (Fsp3) is 0.429. The summed E-state index contributed by atoms with van der Waals surface area (Å²) in [5.74, 6) is 1.24. The van der Waals surface area contributed by atoms with E-state index in [0.717, 1.165) is 12.0 Å². The van der Waals surface area contributed by atoms with E-state index in [1.807, 2.05) is 6.92 Å². The Morgan fingerprint density at radius 2 is 2.11 bits per heavy atom. The molecule has 0 aliphatic carbocycles. The summed E-state index contributed by atoms with van der Waals surface area (Å²) in [5, 5.41) is 10.8. The number of hydrogen-bond donors (Lipinski definition) is 0. The zero-order valence-corrected chi connectivity index (χ0v) is 11.5. The van der Waals surface area contributed by atoms with E-state index in [1.165, 1.54) is 0 Å². The van der Waals surface area contributed by atoms with Gasteiger partial charge < -0.3 is 9.47 Å². The van der Waals surface area contributed by atoms with Crippen LogP contribution in [-0.2, 0) is 0 Å². The highest BCUT2D eigenvalue weighted by molar-refractivity contribution is 5.57. The molecule has 1 aromatic rings. The average Bonchev–Trinajstić information content (AvgIpc) is 2.42. The number of ether oxygens (including phenoxy) is 2. The maximum atomic E-state index is 10.8. The molecule has 0 fully saturated rings. The lowest BCUT2D eigenvalue weighted by Gasteiger charge is -2.10. The second kappa shape index (κ2) is 7.41. The van der Waals surface area contributed by atoms with Gasteiger partial charge in [0.05, 0.1) is 18.6 Å². The van der Waals surface area contributed by atoms with Crippen molar-refractivity contribution in [2.24, 2.45) is 0 Å². The third kappa shape index (κ3) is 4.28. The topological polar surface area (TPSA) is 61.6 Å². The molecule has 0 spiro atoms. The maximum absolute atomic E-state index is 10.8. The van der Waals surface area contributed by atoms with Crippen LogP contribution in [0, 0.1) is 10.1 Å². The first-order valence-corrected chi connectivity index (χ1v) is 6.28. The summed E-state index contributed by atoms with van der Waals surface area (Å²) >= 11 is 0. The predicted octanol–water partition coefficient (Wildman–Crippen LogP) is 3.51. The van der Waals surface area contributed by atoms with E-state index in [0.29, 0.717) is 24.5 Å². The molecule has 0 unspecified atom stereocenters. The largest absolute Gasteiger partial charge is 0.493 e. The van der Waals surface area contributed by atoms with Gasteiger partial charge in [0.1, 0.15) is 0 Å². The molecule has 1 aromatic carbocycles. The van der Waals surface area contributed by atoms with Gasteiger partial charge in [-0.1, -0.05) is 19.9 Å². The average molecular weight is 265 g/mol. The molecule has 5 nitrogen and oxygen atoms in total. The monoisotopic (exact) mass is 265 g/mol. The molecule has 0 N–H and O–H groups in total. The Hall–Kier alpha value is -2.04. The van der Waals surface area contributed by atoms with E-state index in [2.05, 4.69) is 0 Å². The quantitative estimate of drug-likeness (QED) is 0.559. The van der Waals surface area contributed by atoms with Gasteiger partial charge in [-0.15, -0.1) is 0 Å². The molecule has 0 amide bonds. The van der Waals surface area contributed by atoms with Crippen LogP contribution in [0.15, 0.2) is 23.9 Å². The van der Waals surface area contributed by atoms with Crippen molar-refractivity contribution in [2.75, 3.05) is 13.7 Å². The van der Waals surface area contributed by atoms with Gasteiger partial charge in [0.25, 0.3) is 0 Å². The number of rotatable bonds is 7. The Kier molecular flexibility index (Phi) is 5.85. The number of methoxy groups -OCH3 is 1. The number of hydrogen-bond acceptors (Lipinski definition) is 4. The molecule has 0 aliphatic rings. The standard InChI is InChI=1S/C14H19NO4/c1-4-8-19-13-7-6-11(10-14(13)18-3)9-12(5-2)15(16)17/h6-7,9-10H,4-5,8H2,1-3H3/b12-9-. The van der Waals surface area contributed by atoms with E-state index in [-0.39, 0.29) is 10.6 Å². The van der Waals surface area contributed by atoms with Gasteiger partial charge >= 0.3 is 0 Å². The van der Waals surface area contributed by atoms with Crippen LogP contribution >= 0.6 is 0 Å². The SMILES string of the molecule is CCCOc1ccc(/C=C(/CC)[N+](=O)[O-])cc1OC. The third-order valence-corrected chi connectivity index (χ3v) is 2.58. The van der Waals surface area contributed by atoms with Gasteiger partial charge in [0.15, 0.2) is 11.5 Å². The molecule has 19 heavy (non-hydrogen) atoms. The van der Waals surface area contributed by atoms with Crippen molar-refractivity contribution in [3.8, 4) is 11.5 Å². The molecule has 0 aliphatic heterocycles. The fourth-order valence-corrected chi connectivity index (χ4v) is 1.58. The molecule has 0 bridgehead atoms. The molecular formula is C14H19NO4. The summed E-state index contributed by atoms with van der Waals surface area (Å²) in [6, 6.07) is 5.30. The van der Waals surface area contributed by atoms with Crippen LogP contribution in [0.2, 0.25) is 0 Å². The van der Waals surface area contributed by atoms with Crippen molar-refractivity contribution in [1.29, 1.82) is 0 Å². The van der Waals surface area contributed by atoms with Gasteiger partial charge in [-0.3, -0.25) is 10.1 Å². The lowest BCUT2D eigenvalue weighted by Crippen LogP contribution is -1.99. The molecular weight excluding hydrogens is 246 g/mol. The number of nitro groups is 1. The summed E-state index contributed by atoms with van der Waals surface area (Å²) < 4.78 is 10.8. The zero-order chi connectivity index (χ0) is 14.3. The molecule has 0 radical (unpaired) electrons. The molecule has 0 saturated heterocycles. The summed E-state index contributed by atoms with van der Waals surface area (Å²) in [6.07, 6.45) is 2.83. The Balaban J connectivity index is 3.02. The second-order valence-electron chi connectivity index (χ2n) is 4.01. The summed E-state index contributed by atoms with van der Waals surface area (Å²) in [7, 11) is 1.55. The van der Waals surface area contributed by atoms with Crippen molar-refractivity contribution >= 4 is 6.08 Å². The van der Waals surface area contributed by atoms with Crippen LogP contribution in [-0.4, -0.2) is 18.6 Å². The van der Waals surface area contributed by atoms with Crippen molar-refractivity contribution < 1.29 is 14.4 Å². The van der Waals surface area contributed by atoms with Crippen molar-refractivity contribution in [2.45, 2.75) is 26.7 Å². The Morgan fingerprint density at radius 3 is 2.63 bits per heavy atom. The minimum absolute atomic E-state index is 0.171. The van der Waals surface area contributed by atoms with Crippen LogP contribution < -0.4 is 9.47 Å². The van der Waals surface area contributed by atoms with Crippen LogP contribution in [0.3, 0.4) is 0 Å². The van der Waals surface area contributed by atoms with Crippen LogP contribution in [0.4, 0.5) is 0 Å². The second-order valence-corrected chi connectivity index (χ2v) is 4.01. The van der Waals surface area contributed by atoms with Crippen molar-refractivity contribution in [1.82, 2.24) is 0 Å². The zero-order valence-electron chi connectivity index (χ0n) is 11.5. The Bertz CT molecular complexity index is 469. The molecule has 104 valence electrons. The minimum atomic E-state index is -0.367. The first kappa shape index (κ1) is 15.0. The first-order chi connectivity index (χ1) is 9.12. The van der Waals surface area contributed by atoms with Gasteiger partial charge in [0, 0.05) is 12.5 Å². The Labute approximate surface area is 113 Å². The lowest BCUT2D eigenvalue weighted by molar-refractivity contribution is -0.425. The normalized spacial score (nSPS) is 11.2. The molecule has 0 saturated carbocycles. The fourth-order valence-electron chi connectivity index (χ4n) is 1.58. The van der Waals surface area contributed by atoms with E-state index in [4.69, 9.17) is 9.47 Å². The highest BCUT2D eigenvalue weighted by Gasteiger charge is 2.09. The third-order valence-electron chi connectivity index (χ3n) is 2.58. The summed E-state index contributed by atoms with van der Waals surface area (Å²) in [6.45, 7) is 4.39. The molecule has 0 aromatic heterocycles. The molecule has 1 rings (SSSR count). The van der Waals surface area contributed by atoms with E-state index in [1.54, 1.807) is 38.3 Å². The summed E-state index contributed by atoms with van der Waals surface area (Å²) in [5.41, 5.74) is 0.901. The smallest absolute Gasteiger partial charge is 0.246 e. The van der Waals surface area contributed by atoms with Gasteiger partial charge in [0.2, 0.25) is 5.70 Å². The van der Waals surface area contributed by atoms with Crippen molar-refractivity contribution in [3.05, 3.63) is 39.6 Å². The molecule has 0 atom stereocenters. The lowest BCUT2D eigenvalue weighted by atomic mass is 10.1. The first-order valence-electron chi connectivity index (χ1n) is 6.28. The highest BCUT2D eigenvalue weighted by atomic mass is 16.6. The molecule has 0 heterocycles. The van der Waals surface area contributed by atoms with Gasteiger partial charge in [-0.2, -0.15) is 0 Å². The van der Waals surface area contributed by atoms with Crippen LogP contribution in [0.1, 0.15) is 32.3 Å². The number of nitrogens with zero attached hydrogens (tertiary/aromatic N) is 1. The number of allylic oxidation sites excluding steroid dienone is 1. The van der Waals surface area contributed by atoms with E-state index < -0.39 is 0 Å². The molecule has 5 heteroatoms. The van der Waals surface area contributed by atoms with Crippen LogP contribution in [0.5, 0.6) is 11.5 Å². The maximum Gasteiger partial charge on any atom is 0.246 e. The van der Waals surface area contributed by atoms with Gasteiger partial charge in [-0.25, -0.2) is 0 Å². The predicted molar refractivity (Wildman–Crippen MR) is 74.0 cm³/mol. The highest BCUT2D eigenvalue weighted by Crippen LogP contribution is 2.29. The van der Waals surface area contributed by atoms with Crippen molar-refractivity contribution in [3.63, 3.8) is 0 Å². The Morgan fingerprint density at radius 1 is 1.37 bits per heavy atom. The minimum Gasteiger partial charge on any atom is -0.493 e. The van der Waals surface area contributed by atoms with E-state index in [9.17, 15) is 10.1 Å². The number of benzene rings is 1. The van der Waals surface area contributed by atoms with Crippen LogP contribution in [0.25, 0.3) is 6.08 Å². The van der Waals surface area contributed by atoms with Gasteiger partial charge in [-0.05, 0) is 24.1 Å². The van der Waals surface area contributed by atoms with E-state index >= 15 is 0 Å².